The maximum absolute atomic E-state index is 13.1. The van der Waals surface area contributed by atoms with Crippen molar-refractivity contribution < 1.29 is 24.4 Å². The van der Waals surface area contributed by atoms with E-state index in [1.54, 1.807) is 36.4 Å². The largest absolute Gasteiger partial charge is 0.507 e. The third-order valence-electron chi connectivity index (χ3n) is 5.24. The molecule has 2 aromatic carbocycles. The fraction of sp³-hybridized carbons (Fsp3) is 0.125. The molecule has 0 radical (unpaired) electrons. The van der Waals surface area contributed by atoms with Crippen LogP contribution in [0.1, 0.15) is 24.1 Å². The Hall–Kier alpha value is -4.05. The summed E-state index contributed by atoms with van der Waals surface area (Å²) >= 11 is 3.28. The summed E-state index contributed by atoms with van der Waals surface area (Å²) in [6.07, 6.45) is 1.46. The molecule has 9 nitrogen and oxygen atoms in total. The number of carbonyl (C=O) groups excluding carboxylic acids is 2. The number of aliphatic hydroxyl groups is 1. The minimum atomic E-state index is -1.12. The molecule has 0 spiro atoms. The van der Waals surface area contributed by atoms with E-state index in [2.05, 4.69) is 20.9 Å². The van der Waals surface area contributed by atoms with Crippen molar-refractivity contribution in [1.29, 1.82) is 0 Å². The van der Waals surface area contributed by atoms with Crippen molar-refractivity contribution in [2.75, 3.05) is 11.5 Å². The Morgan fingerprint density at radius 1 is 1.18 bits per heavy atom. The number of hydrogen-bond acceptors (Lipinski definition) is 7. The van der Waals surface area contributed by atoms with Crippen LogP contribution < -0.4 is 9.64 Å². The Morgan fingerprint density at radius 3 is 2.53 bits per heavy atom. The maximum atomic E-state index is 13.1. The second-order valence-corrected chi connectivity index (χ2v) is 8.23. The molecule has 1 atom stereocenters. The fourth-order valence-electron chi connectivity index (χ4n) is 3.73. The summed E-state index contributed by atoms with van der Waals surface area (Å²) in [5.74, 6) is -1.50. The van der Waals surface area contributed by atoms with E-state index in [1.807, 2.05) is 6.92 Å². The number of pyridine rings is 1. The Balaban J connectivity index is 1.91. The minimum Gasteiger partial charge on any atom is -0.507 e. The molecule has 0 saturated carbocycles. The quantitative estimate of drug-likeness (QED) is 0.162. The molecule has 3 aromatic rings. The van der Waals surface area contributed by atoms with E-state index in [4.69, 9.17) is 4.74 Å². The second-order valence-electron chi connectivity index (χ2n) is 7.31. The Morgan fingerprint density at radius 2 is 1.91 bits per heavy atom. The van der Waals surface area contributed by atoms with E-state index in [1.165, 1.54) is 30.5 Å². The number of nitro benzene ring substituents is 1. The number of ether oxygens (including phenoxy) is 1. The van der Waals surface area contributed by atoms with Gasteiger partial charge in [-0.1, -0.05) is 12.1 Å². The van der Waals surface area contributed by atoms with Crippen molar-refractivity contribution in [1.82, 2.24) is 4.98 Å². The van der Waals surface area contributed by atoms with Crippen molar-refractivity contribution in [3.8, 4) is 5.75 Å². The zero-order chi connectivity index (χ0) is 24.4. The number of non-ortho nitro benzene ring substituents is 1. The number of nitrogens with zero attached hydrogens (tertiary/aromatic N) is 3. The van der Waals surface area contributed by atoms with Gasteiger partial charge in [-0.3, -0.25) is 24.6 Å². The molecule has 1 N–H and O–H groups in total. The zero-order valence-electron chi connectivity index (χ0n) is 17.8. The molecule has 0 unspecified atom stereocenters. The molecule has 1 aromatic heterocycles. The Bertz CT molecular complexity index is 1310. The number of halogens is 1. The van der Waals surface area contributed by atoms with Crippen LogP contribution in [0.2, 0.25) is 0 Å². The van der Waals surface area contributed by atoms with Crippen LogP contribution in [0.4, 0.5) is 11.5 Å². The highest BCUT2D eigenvalue weighted by molar-refractivity contribution is 9.10. The number of anilines is 1. The van der Waals surface area contributed by atoms with Crippen molar-refractivity contribution in [2.45, 2.75) is 13.0 Å². The molecular formula is C24H18BrN3O6. The highest BCUT2D eigenvalue weighted by Crippen LogP contribution is 2.42. The van der Waals surface area contributed by atoms with Gasteiger partial charge in [-0.05, 0) is 64.8 Å². The third kappa shape index (κ3) is 4.27. The topological polar surface area (TPSA) is 123 Å². The number of hydrogen-bond donors (Lipinski definition) is 1. The average Bonchev–Trinajstić information content (AvgIpc) is 3.10. The lowest BCUT2D eigenvalue weighted by Crippen LogP contribution is -2.30. The van der Waals surface area contributed by atoms with Crippen LogP contribution in [0, 0.1) is 10.1 Å². The van der Waals surface area contributed by atoms with Crippen molar-refractivity contribution in [3.63, 3.8) is 0 Å². The fourth-order valence-corrected chi connectivity index (χ4v) is 3.97. The number of benzene rings is 2. The molecule has 0 aliphatic carbocycles. The number of aliphatic hydroxyl groups excluding tert-OH is 1. The van der Waals surface area contributed by atoms with Gasteiger partial charge in [0.25, 0.3) is 11.5 Å². The van der Waals surface area contributed by atoms with Gasteiger partial charge in [-0.25, -0.2) is 4.98 Å². The summed E-state index contributed by atoms with van der Waals surface area (Å²) in [5, 5.41) is 22.5. The van der Waals surface area contributed by atoms with Crippen LogP contribution in [0.25, 0.3) is 5.76 Å². The molecule has 4 rings (SSSR count). The summed E-state index contributed by atoms with van der Waals surface area (Å²) in [5.41, 5.74) is 0.165. The molecule has 0 bridgehead atoms. The SMILES string of the molecule is CCOc1ccc(/C(O)=C2\C(=O)C(=O)N(c3ccc(Br)cn3)[C@H]2c2cccc([N+](=O)[O-])c2)cc1. The summed E-state index contributed by atoms with van der Waals surface area (Å²) in [6.45, 7) is 2.30. The van der Waals surface area contributed by atoms with E-state index < -0.39 is 28.4 Å². The van der Waals surface area contributed by atoms with Gasteiger partial charge in [0.2, 0.25) is 0 Å². The molecule has 1 saturated heterocycles. The monoisotopic (exact) mass is 523 g/mol. The van der Waals surface area contributed by atoms with Gasteiger partial charge in [0.1, 0.15) is 17.3 Å². The number of ketones is 1. The number of carbonyl (C=O) groups is 2. The molecule has 1 amide bonds. The van der Waals surface area contributed by atoms with E-state index in [9.17, 15) is 24.8 Å². The molecule has 10 heteroatoms. The predicted octanol–water partition coefficient (Wildman–Crippen LogP) is 4.78. The van der Waals surface area contributed by atoms with Gasteiger partial charge in [0.15, 0.2) is 0 Å². The molecule has 172 valence electrons. The normalized spacial score (nSPS) is 17.1. The van der Waals surface area contributed by atoms with E-state index in [0.29, 0.717) is 22.4 Å². The smallest absolute Gasteiger partial charge is 0.301 e. The summed E-state index contributed by atoms with van der Waals surface area (Å²) in [4.78, 5) is 42.4. The van der Waals surface area contributed by atoms with Crippen LogP contribution in [0.3, 0.4) is 0 Å². The first-order valence-corrected chi connectivity index (χ1v) is 11.0. The van der Waals surface area contributed by atoms with Gasteiger partial charge in [0, 0.05) is 28.4 Å². The first-order valence-electron chi connectivity index (χ1n) is 10.2. The lowest BCUT2D eigenvalue weighted by molar-refractivity contribution is -0.384. The molecule has 1 aliphatic heterocycles. The van der Waals surface area contributed by atoms with Gasteiger partial charge >= 0.3 is 5.91 Å². The average molecular weight is 524 g/mol. The standard InChI is InChI=1S/C24H18BrN3O6/c1-2-34-18-9-6-14(7-10-18)22(29)20-21(15-4-3-5-17(12-15)28(32)33)27(24(31)23(20)30)19-11-8-16(25)13-26-19/h3-13,21,29H,2H2,1H3/b22-20+/t21-/m0/s1. The Kier molecular flexibility index (Phi) is 6.42. The molecule has 1 fully saturated rings. The second kappa shape index (κ2) is 9.44. The molecule has 34 heavy (non-hydrogen) atoms. The number of Topliss-reactive ketones (excluding diaryl/α,β-unsaturated/α-hetero) is 1. The van der Waals surface area contributed by atoms with E-state index >= 15 is 0 Å². The van der Waals surface area contributed by atoms with Crippen molar-refractivity contribution in [2.24, 2.45) is 0 Å². The predicted molar refractivity (Wildman–Crippen MR) is 127 cm³/mol. The lowest BCUT2D eigenvalue weighted by atomic mass is 9.95. The number of nitro groups is 1. The van der Waals surface area contributed by atoms with Crippen LogP contribution >= 0.6 is 15.9 Å². The first kappa shape index (κ1) is 23.1. The van der Waals surface area contributed by atoms with Crippen LogP contribution in [0.15, 0.2) is 76.9 Å². The highest BCUT2D eigenvalue weighted by Gasteiger charge is 2.47. The summed E-state index contributed by atoms with van der Waals surface area (Å²) < 4.78 is 6.07. The van der Waals surface area contributed by atoms with E-state index in [0.717, 1.165) is 4.90 Å². The lowest BCUT2D eigenvalue weighted by Gasteiger charge is -2.24. The first-order chi connectivity index (χ1) is 16.3. The van der Waals surface area contributed by atoms with Crippen LogP contribution in [-0.4, -0.2) is 33.3 Å². The van der Waals surface area contributed by atoms with E-state index in [-0.39, 0.29) is 22.6 Å². The molecule has 1 aliphatic rings. The number of aromatic nitrogens is 1. The van der Waals surface area contributed by atoms with Gasteiger partial charge in [0.05, 0.1) is 23.1 Å². The molecular weight excluding hydrogens is 506 g/mol. The highest BCUT2D eigenvalue weighted by atomic mass is 79.9. The number of amides is 1. The summed E-state index contributed by atoms with van der Waals surface area (Å²) in [7, 11) is 0. The van der Waals surface area contributed by atoms with Crippen molar-refractivity contribution in [3.05, 3.63) is 98.1 Å². The van der Waals surface area contributed by atoms with Crippen molar-refractivity contribution >= 4 is 44.9 Å². The zero-order valence-corrected chi connectivity index (χ0v) is 19.4. The van der Waals surface area contributed by atoms with Gasteiger partial charge in [-0.15, -0.1) is 0 Å². The Labute approximate surface area is 202 Å². The van der Waals surface area contributed by atoms with Crippen LogP contribution in [0.5, 0.6) is 5.75 Å². The minimum absolute atomic E-state index is 0.160. The third-order valence-corrected chi connectivity index (χ3v) is 5.71. The van der Waals surface area contributed by atoms with Gasteiger partial charge < -0.3 is 9.84 Å². The number of rotatable bonds is 6. The molecule has 2 heterocycles. The maximum Gasteiger partial charge on any atom is 0.301 e. The summed E-state index contributed by atoms with van der Waals surface area (Å²) in [6, 6.07) is 14.1. The van der Waals surface area contributed by atoms with Crippen LogP contribution in [-0.2, 0) is 9.59 Å². The van der Waals surface area contributed by atoms with Gasteiger partial charge in [-0.2, -0.15) is 0 Å².